The summed E-state index contributed by atoms with van der Waals surface area (Å²) in [6, 6.07) is 7.30. The Balaban J connectivity index is 1.77. The van der Waals surface area contributed by atoms with E-state index in [1.165, 1.54) is 29.8 Å². The van der Waals surface area contributed by atoms with Gasteiger partial charge in [-0.15, -0.1) is 0 Å². The van der Waals surface area contributed by atoms with Crippen molar-refractivity contribution >= 4 is 0 Å². The number of rotatable bonds is 5. The van der Waals surface area contributed by atoms with Crippen molar-refractivity contribution in [2.75, 3.05) is 32.7 Å². The van der Waals surface area contributed by atoms with Gasteiger partial charge in [0.1, 0.15) is 0 Å². The lowest BCUT2D eigenvalue weighted by Crippen LogP contribution is -2.50. The first-order chi connectivity index (χ1) is 9.16. The molecule has 0 spiro atoms. The van der Waals surface area contributed by atoms with Crippen molar-refractivity contribution in [1.29, 1.82) is 0 Å². The fourth-order valence-electron chi connectivity index (χ4n) is 2.66. The van der Waals surface area contributed by atoms with Crippen molar-refractivity contribution in [1.82, 2.24) is 15.5 Å². The van der Waals surface area contributed by atoms with Crippen LogP contribution in [0.15, 0.2) is 18.2 Å². The molecule has 1 saturated heterocycles. The molecule has 0 saturated carbocycles. The maximum absolute atomic E-state index is 3.60. The third-order valence-electron chi connectivity index (χ3n) is 4.03. The molecule has 1 aromatic carbocycles. The van der Waals surface area contributed by atoms with Crippen molar-refractivity contribution in [2.45, 2.75) is 33.4 Å². The highest BCUT2D eigenvalue weighted by Gasteiger charge is 2.15. The van der Waals surface area contributed by atoms with E-state index < -0.39 is 0 Å². The van der Waals surface area contributed by atoms with Crippen LogP contribution in [0.2, 0.25) is 0 Å². The van der Waals surface area contributed by atoms with Gasteiger partial charge in [-0.3, -0.25) is 4.90 Å². The molecule has 2 rings (SSSR count). The molecule has 3 heteroatoms. The van der Waals surface area contributed by atoms with E-state index in [1.807, 2.05) is 0 Å². The van der Waals surface area contributed by atoms with Gasteiger partial charge in [0, 0.05) is 45.3 Å². The van der Waals surface area contributed by atoms with Crippen molar-refractivity contribution in [3.05, 3.63) is 34.9 Å². The number of hydrogen-bond acceptors (Lipinski definition) is 3. The normalized spacial score (nSPS) is 18.5. The molecule has 0 amide bonds. The highest BCUT2D eigenvalue weighted by Crippen LogP contribution is 2.10. The van der Waals surface area contributed by atoms with Crippen LogP contribution in [-0.2, 0) is 6.54 Å². The van der Waals surface area contributed by atoms with Crippen LogP contribution in [0.5, 0.6) is 0 Å². The smallest absolute Gasteiger partial charge is 0.0208 e. The zero-order valence-corrected chi connectivity index (χ0v) is 12.5. The van der Waals surface area contributed by atoms with Crippen molar-refractivity contribution in [2.24, 2.45) is 0 Å². The average Bonchev–Trinajstić information content (AvgIpc) is 2.43. The van der Waals surface area contributed by atoms with Crippen LogP contribution in [0.1, 0.15) is 23.6 Å². The van der Waals surface area contributed by atoms with Gasteiger partial charge >= 0.3 is 0 Å². The monoisotopic (exact) mass is 261 g/mol. The summed E-state index contributed by atoms with van der Waals surface area (Å²) in [4.78, 5) is 2.56. The zero-order chi connectivity index (χ0) is 13.7. The molecule has 0 radical (unpaired) electrons. The first-order valence-corrected chi connectivity index (χ1v) is 7.38. The molecule has 1 aliphatic rings. The van der Waals surface area contributed by atoms with Crippen LogP contribution in [0, 0.1) is 13.8 Å². The molecule has 19 heavy (non-hydrogen) atoms. The maximum Gasteiger partial charge on any atom is 0.0208 e. The number of piperazine rings is 1. The Morgan fingerprint density at radius 2 is 2.00 bits per heavy atom. The Morgan fingerprint density at radius 3 is 2.74 bits per heavy atom. The van der Waals surface area contributed by atoms with E-state index in [2.05, 4.69) is 54.5 Å². The lowest BCUT2D eigenvalue weighted by atomic mass is 10.1. The molecule has 0 aliphatic carbocycles. The lowest BCUT2D eigenvalue weighted by Gasteiger charge is -2.33. The second kappa shape index (κ2) is 7.04. The van der Waals surface area contributed by atoms with E-state index in [-0.39, 0.29) is 0 Å². The Bertz CT molecular complexity index is 397. The summed E-state index contributed by atoms with van der Waals surface area (Å²) in [5.41, 5.74) is 4.15. The summed E-state index contributed by atoms with van der Waals surface area (Å²) < 4.78 is 0. The predicted octanol–water partition coefficient (Wildman–Crippen LogP) is 1.69. The molecule has 1 aliphatic heterocycles. The molecule has 0 bridgehead atoms. The van der Waals surface area contributed by atoms with Crippen molar-refractivity contribution in [3.8, 4) is 0 Å². The molecule has 1 aromatic rings. The Hall–Kier alpha value is -0.900. The van der Waals surface area contributed by atoms with Crippen LogP contribution < -0.4 is 10.6 Å². The largest absolute Gasteiger partial charge is 0.314 e. The molecular formula is C16H27N3. The van der Waals surface area contributed by atoms with Gasteiger partial charge in [0.15, 0.2) is 0 Å². The van der Waals surface area contributed by atoms with E-state index >= 15 is 0 Å². The summed E-state index contributed by atoms with van der Waals surface area (Å²) in [5.74, 6) is 0. The molecule has 1 heterocycles. The third kappa shape index (κ3) is 4.30. The Morgan fingerprint density at radius 1 is 1.26 bits per heavy atom. The first kappa shape index (κ1) is 14.5. The van der Waals surface area contributed by atoms with Crippen LogP contribution in [0.25, 0.3) is 0 Å². The van der Waals surface area contributed by atoms with E-state index in [0.29, 0.717) is 6.04 Å². The number of hydrogen-bond donors (Lipinski definition) is 2. The standard InChI is InChI=1S/C16H27N3/c1-13-4-5-14(2)16(10-13)12-18-11-15(3)19-8-6-17-7-9-19/h4-5,10,15,17-18H,6-9,11-12H2,1-3H3. The number of aryl methyl sites for hydroxylation is 2. The van der Waals surface area contributed by atoms with Gasteiger partial charge in [-0.25, -0.2) is 0 Å². The van der Waals surface area contributed by atoms with E-state index in [4.69, 9.17) is 0 Å². The minimum absolute atomic E-state index is 0.618. The minimum atomic E-state index is 0.618. The van der Waals surface area contributed by atoms with Crippen LogP contribution in [-0.4, -0.2) is 43.7 Å². The van der Waals surface area contributed by atoms with Gasteiger partial charge in [-0.2, -0.15) is 0 Å². The van der Waals surface area contributed by atoms with Gasteiger partial charge < -0.3 is 10.6 Å². The number of benzene rings is 1. The third-order valence-corrected chi connectivity index (χ3v) is 4.03. The van der Waals surface area contributed by atoms with Gasteiger partial charge in [-0.05, 0) is 31.9 Å². The van der Waals surface area contributed by atoms with Crippen molar-refractivity contribution in [3.63, 3.8) is 0 Å². The van der Waals surface area contributed by atoms with Crippen LogP contribution in [0.3, 0.4) is 0 Å². The first-order valence-electron chi connectivity index (χ1n) is 7.38. The van der Waals surface area contributed by atoms with Crippen molar-refractivity contribution < 1.29 is 0 Å². The minimum Gasteiger partial charge on any atom is -0.314 e. The number of nitrogens with one attached hydrogen (secondary N) is 2. The summed E-state index contributed by atoms with van der Waals surface area (Å²) in [7, 11) is 0. The predicted molar refractivity (Wildman–Crippen MR) is 81.5 cm³/mol. The second-order valence-electron chi connectivity index (χ2n) is 5.70. The molecule has 2 N–H and O–H groups in total. The highest BCUT2D eigenvalue weighted by atomic mass is 15.2. The number of nitrogens with zero attached hydrogens (tertiary/aromatic N) is 1. The fraction of sp³-hybridized carbons (Fsp3) is 0.625. The highest BCUT2D eigenvalue weighted by molar-refractivity contribution is 5.30. The van der Waals surface area contributed by atoms with E-state index in [9.17, 15) is 0 Å². The Labute approximate surface area is 117 Å². The summed E-state index contributed by atoms with van der Waals surface area (Å²) in [5, 5.41) is 7.01. The topological polar surface area (TPSA) is 27.3 Å². The van der Waals surface area contributed by atoms with Gasteiger partial charge in [-0.1, -0.05) is 23.8 Å². The molecule has 1 unspecified atom stereocenters. The zero-order valence-electron chi connectivity index (χ0n) is 12.5. The molecule has 3 nitrogen and oxygen atoms in total. The lowest BCUT2D eigenvalue weighted by molar-refractivity contribution is 0.181. The quantitative estimate of drug-likeness (QED) is 0.844. The SMILES string of the molecule is Cc1ccc(C)c(CNCC(C)N2CCNCC2)c1. The summed E-state index contributed by atoms with van der Waals surface area (Å²) in [6.07, 6.45) is 0. The molecule has 1 atom stereocenters. The summed E-state index contributed by atoms with van der Waals surface area (Å²) in [6.45, 7) is 13.3. The fourth-order valence-corrected chi connectivity index (χ4v) is 2.66. The van der Waals surface area contributed by atoms with E-state index in [1.54, 1.807) is 0 Å². The molecule has 106 valence electrons. The van der Waals surface area contributed by atoms with Gasteiger partial charge in [0.2, 0.25) is 0 Å². The molecule has 1 fully saturated rings. The Kier molecular flexibility index (Phi) is 5.37. The van der Waals surface area contributed by atoms with Crippen LogP contribution in [0.4, 0.5) is 0 Å². The van der Waals surface area contributed by atoms with Gasteiger partial charge in [0.05, 0.1) is 0 Å². The van der Waals surface area contributed by atoms with Gasteiger partial charge in [0.25, 0.3) is 0 Å². The molecule has 0 aromatic heterocycles. The maximum atomic E-state index is 3.60. The van der Waals surface area contributed by atoms with E-state index in [0.717, 1.165) is 26.2 Å². The molecular weight excluding hydrogens is 234 g/mol. The second-order valence-corrected chi connectivity index (χ2v) is 5.70. The van der Waals surface area contributed by atoms with Crippen LogP contribution >= 0.6 is 0 Å². The average molecular weight is 261 g/mol. The summed E-state index contributed by atoms with van der Waals surface area (Å²) >= 11 is 0.